The Morgan fingerprint density at radius 2 is 1.78 bits per heavy atom. The van der Waals surface area contributed by atoms with Crippen LogP contribution in [-0.4, -0.2) is 47.3 Å². The molecule has 0 amide bonds. The van der Waals surface area contributed by atoms with Crippen molar-refractivity contribution < 1.29 is 19.5 Å². The number of Topliss-reactive ketones (excluding diaryl/α,β-unsaturated/α-hetero) is 2. The van der Waals surface area contributed by atoms with E-state index in [1.165, 1.54) is 6.92 Å². The van der Waals surface area contributed by atoms with Crippen LogP contribution in [0.2, 0.25) is 0 Å². The molecule has 0 saturated carbocycles. The molecule has 2 atom stereocenters. The van der Waals surface area contributed by atoms with Gasteiger partial charge in [-0.05, 0) is 34.7 Å². The van der Waals surface area contributed by atoms with Gasteiger partial charge in [0.15, 0.2) is 5.78 Å². The fourth-order valence-corrected chi connectivity index (χ4v) is 1.28. The van der Waals surface area contributed by atoms with E-state index < -0.39 is 23.6 Å². The third kappa shape index (κ3) is 4.93. The SMILES string of the molecule is CNC(C)C(=O)CC(NC(C)(C)C(C)=O)C(=O)O. The first-order valence-corrected chi connectivity index (χ1v) is 5.83. The van der Waals surface area contributed by atoms with Gasteiger partial charge in [-0.3, -0.25) is 19.7 Å². The molecular formula is C12H22N2O4. The van der Waals surface area contributed by atoms with Gasteiger partial charge in [-0.25, -0.2) is 0 Å². The molecule has 0 fully saturated rings. The maximum atomic E-state index is 11.7. The number of hydrogen-bond donors (Lipinski definition) is 3. The monoisotopic (exact) mass is 258 g/mol. The van der Waals surface area contributed by atoms with Crippen molar-refractivity contribution in [2.45, 2.75) is 51.7 Å². The molecule has 0 saturated heterocycles. The van der Waals surface area contributed by atoms with Crippen molar-refractivity contribution in [1.29, 1.82) is 0 Å². The fraction of sp³-hybridized carbons (Fsp3) is 0.750. The predicted octanol–water partition coefficient (Wildman–Crippen LogP) is -0.0361. The first-order valence-electron chi connectivity index (χ1n) is 5.83. The molecular weight excluding hydrogens is 236 g/mol. The maximum absolute atomic E-state index is 11.7. The van der Waals surface area contributed by atoms with Crippen molar-refractivity contribution in [1.82, 2.24) is 10.6 Å². The zero-order valence-electron chi connectivity index (χ0n) is 11.5. The van der Waals surface area contributed by atoms with Gasteiger partial charge in [-0.2, -0.15) is 0 Å². The number of carbonyl (C=O) groups excluding carboxylic acids is 2. The molecule has 0 radical (unpaired) electrons. The number of hydrogen-bond acceptors (Lipinski definition) is 5. The summed E-state index contributed by atoms with van der Waals surface area (Å²) >= 11 is 0. The largest absolute Gasteiger partial charge is 0.480 e. The molecule has 0 aromatic carbocycles. The van der Waals surface area contributed by atoms with E-state index in [-0.39, 0.29) is 18.0 Å². The zero-order chi connectivity index (χ0) is 14.5. The van der Waals surface area contributed by atoms with Crippen LogP contribution in [-0.2, 0) is 14.4 Å². The lowest BCUT2D eigenvalue weighted by Crippen LogP contribution is -2.54. The van der Waals surface area contributed by atoms with Crippen LogP contribution in [0.4, 0.5) is 0 Å². The summed E-state index contributed by atoms with van der Waals surface area (Å²) < 4.78 is 0. The highest BCUT2D eigenvalue weighted by molar-refractivity contribution is 5.90. The predicted molar refractivity (Wildman–Crippen MR) is 67.5 cm³/mol. The van der Waals surface area contributed by atoms with Crippen LogP contribution in [0, 0.1) is 0 Å². The summed E-state index contributed by atoms with van der Waals surface area (Å²) in [5.41, 5.74) is -0.966. The summed E-state index contributed by atoms with van der Waals surface area (Å²) in [6, 6.07) is -1.47. The van der Waals surface area contributed by atoms with Gasteiger partial charge in [0.2, 0.25) is 0 Å². The standard InChI is InChI=1S/C12H22N2O4/c1-7(13-5)10(16)6-9(11(17)18)14-12(3,4)8(2)15/h7,9,13-14H,6H2,1-5H3,(H,17,18). The minimum Gasteiger partial charge on any atom is -0.480 e. The molecule has 0 aliphatic rings. The first kappa shape index (κ1) is 16.7. The van der Waals surface area contributed by atoms with Crippen molar-refractivity contribution in [3.8, 4) is 0 Å². The molecule has 0 aromatic heterocycles. The quantitative estimate of drug-likeness (QED) is 0.565. The van der Waals surface area contributed by atoms with E-state index in [0.29, 0.717) is 0 Å². The summed E-state index contributed by atoms with van der Waals surface area (Å²) in [6.07, 6.45) is -0.159. The summed E-state index contributed by atoms with van der Waals surface area (Å²) in [5.74, 6) is -1.53. The summed E-state index contributed by atoms with van der Waals surface area (Å²) in [5, 5.41) is 14.5. The number of aliphatic carboxylic acids is 1. The van der Waals surface area contributed by atoms with Crippen LogP contribution in [0.15, 0.2) is 0 Å². The van der Waals surface area contributed by atoms with Crippen molar-refractivity contribution in [3.05, 3.63) is 0 Å². The highest BCUT2D eigenvalue weighted by Gasteiger charge is 2.32. The van der Waals surface area contributed by atoms with Crippen LogP contribution in [0.3, 0.4) is 0 Å². The van der Waals surface area contributed by atoms with Crippen LogP contribution in [0.5, 0.6) is 0 Å². The van der Waals surface area contributed by atoms with Gasteiger partial charge in [0.05, 0.1) is 11.6 Å². The number of ketones is 2. The number of likely N-dealkylation sites (N-methyl/N-ethyl adjacent to an activating group) is 1. The molecule has 0 aliphatic heterocycles. The molecule has 104 valence electrons. The third-order valence-corrected chi connectivity index (χ3v) is 3.03. The first-order chi connectivity index (χ1) is 8.11. The third-order valence-electron chi connectivity index (χ3n) is 3.03. The Bertz CT molecular complexity index is 339. The molecule has 3 N–H and O–H groups in total. The molecule has 0 bridgehead atoms. The number of carbonyl (C=O) groups is 3. The van der Waals surface area contributed by atoms with Crippen LogP contribution in [0.1, 0.15) is 34.1 Å². The van der Waals surface area contributed by atoms with Gasteiger partial charge in [0.25, 0.3) is 0 Å². The molecule has 2 unspecified atom stereocenters. The van der Waals surface area contributed by atoms with E-state index in [4.69, 9.17) is 5.11 Å². The van der Waals surface area contributed by atoms with E-state index in [0.717, 1.165) is 0 Å². The van der Waals surface area contributed by atoms with E-state index in [1.807, 2.05) is 0 Å². The molecule has 0 aliphatic carbocycles. The van der Waals surface area contributed by atoms with Gasteiger partial charge in [-0.1, -0.05) is 0 Å². The van der Waals surface area contributed by atoms with E-state index in [2.05, 4.69) is 10.6 Å². The zero-order valence-corrected chi connectivity index (χ0v) is 11.5. The van der Waals surface area contributed by atoms with E-state index in [1.54, 1.807) is 27.8 Å². The van der Waals surface area contributed by atoms with Gasteiger partial charge in [0, 0.05) is 6.42 Å². The topological polar surface area (TPSA) is 95.5 Å². The smallest absolute Gasteiger partial charge is 0.321 e. The summed E-state index contributed by atoms with van der Waals surface area (Å²) in [4.78, 5) is 34.1. The van der Waals surface area contributed by atoms with Crippen LogP contribution in [0.25, 0.3) is 0 Å². The van der Waals surface area contributed by atoms with Crippen molar-refractivity contribution in [2.24, 2.45) is 0 Å². The van der Waals surface area contributed by atoms with Gasteiger partial charge in [-0.15, -0.1) is 0 Å². The Morgan fingerprint density at radius 1 is 1.28 bits per heavy atom. The van der Waals surface area contributed by atoms with Crippen molar-refractivity contribution in [2.75, 3.05) is 7.05 Å². The molecule has 0 heterocycles. The summed E-state index contributed by atoms with van der Waals surface area (Å²) in [6.45, 7) is 6.23. The van der Waals surface area contributed by atoms with Gasteiger partial charge < -0.3 is 10.4 Å². The Hall–Kier alpha value is -1.27. The Kier molecular flexibility index (Phi) is 6.14. The second-order valence-electron chi connectivity index (χ2n) is 4.90. The Balaban J connectivity index is 4.75. The molecule has 0 aromatic rings. The molecule has 6 nitrogen and oxygen atoms in total. The fourth-order valence-electron chi connectivity index (χ4n) is 1.28. The van der Waals surface area contributed by atoms with Gasteiger partial charge >= 0.3 is 5.97 Å². The van der Waals surface area contributed by atoms with Crippen LogP contribution < -0.4 is 10.6 Å². The Labute approximate surface area is 107 Å². The minimum absolute atomic E-state index is 0.159. The molecule has 0 spiro atoms. The summed E-state index contributed by atoms with van der Waals surface area (Å²) in [7, 11) is 1.63. The highest BCUT2D eigenvalue weighted by atomic mass is 16.4. The normalized spacial score (nSPS) is 14.9. The van der Waals surface area contributed by atoms with Crippen LogP contribution >= 0.6 is 0 Å². The average molecular weight is 258 g/mol. The Morgan fingerprint density at radius 3 is 2.11 bits per heavy atom. The average Bonchev–Trinajstić information content (AvgIpc) is 2.26. The number of carboxylic acid groups (broad SMARTS) is 1. The lowest BCUT2D eigenvalue weighted by atomic mass is 9.96. The van der Waals surface area contributed by atoms with Gasteiger partial charge in [0.1, 0.15) is 11.8 Å². The van der Waals surface area contributed by atoms with E-state index in [9.17, 15) is 14.4 Å². The number of nitrogens with one attached hydrogen (secondary N) is 2. The molecule has 6 heteroatoms. The lowest BCUT2D eigenvalue weighted by molar-refractivity contribution is -0.142. The van der Waals surface area contributed by atoms with Crippen molar-refractivity contribution in [3.63, 3.8) is 0 Å². The second-order valence-corrected chi connectivity index (χ2v) is 4.90. The second kappa shape index (κ2) is 6.61. The maximum Gasteiger partial charge on any atom is 0.321 e. The highest BCUT2D eigenvalue weighted by Crippen LogP contribution is 2.08. The molecule has 18 heavy (non-hydrogen) atoms. The minimum atomic E-state index is -1.14. The number of rotatable bonds is 8. The molecule has 0 rings (SSSR count). The van der Waals surface area contributed by atoms with Crippen molar-refractivity contribution >= 4 is 17.5 Å². The number of carboxylic acids is 1. The lowest BCUT2D eigenvalue weighted by Gasteiger charge is -2.27. The van der Waals surface area contributed by atoms with E-state index >= 15 is 0 Å².